The number of nitrogens with one attached hydrogen (secondary N) is 1. The summed E-state index contributed by atoms with van der Waals surface area (Å²) in [5, 5.41) is 10.2. The lowest BCUT2D eigenvalue weighted by atomic mass is 10.0. The summed E-state index contributed by atoms with van der Waals surface area (Å²) in [6, 6.07) is 2.58. The molecule has 0 spiro atoms. The van der Waals surface area contributed by atoms with E-state index in [-0.39, 0.29) is 6.04 Å². The largest absolute Gasteiger partial charge is 0.435 e. The molecule has 1 saturated carbocycles. The lowest BCUT2D eigenvalue weighted by Crippen LogP contribution is -2.45. The monoisotopic (exact) mass is 454 g/mol. The van der Waals surface area contributed by atoms with Crippen LogP contribution in [0.15, 0.2) is 12.1 Å². The molecule has 1 N–H and O–H groups in total. The first-order valence-electron chi connectivity index (χ1n) is 8.47. The molecular formula is C16H22F3IN4. The maximum Gasteiger partial charge on any atom is 0.435 e. The zero-order valence-corrected chi connectivity index (χ0v) is 15.6. The highest BCUT2D eigenvalue weighted by Gasteiger charge is 2.33. The Bertz CT molecular complexity index is 531. The van der Waals surface area contributed by atoms with Gasteiger partial charge in [0.2, 0.25) is 0 Å². The van der Waals surface area contributed by atoms with E-state index >= 15 is 0 Å². The Hall–Kier alpha value is -0.640. The molecule has 1 aromatic heterocycles. The first-order chi connectivity index (χ1) is 11.4. The highest BCUT2D eigenvalue weighted by atomic mass is 127. The number of alkyl halides is 4. The first kappa shape index (κ1) is 18.2. The normalized spacial score (nSPS) is 26.7. The van der Waals surface area contributed by atoms with Gasteiger partial charge < -0.3 is 5.32 Å². The molecule has 24 heavy (non-hydrogen) atoms. The van der Waals surface area contributed by atoms with Gasteiger partial charge in [-0.15, -0.1) is 10.2 Å². The highest BCUT2D eigenvalue weighted by molar-refractivity contribution is 14.1. The maximum atomic E-state index is 12.5. The maximum absolute atomic E-state index is 12.5. The second kappa shape index (κ2) is 7.72. The molecule has 3 rings (SSSR count). The molecular weight excluding hydrogens is 432 g/mol. The second-order valence-corrected chi connectivity index (χ2v) is 8.18. The van der Waals surface area contributed by atoms with Crippen LogP contribution < -0.4 is 5.32 Å². The van der Waals surface area contributed by atoms with Crippen molar-refractivity contribution >= 4 is 28.4 Å². The van der Waals surface area contributed by atoms with Gasteiger partial charge in [0.05, 0.1) is 4.05 Å². The third kappa shape index (κ3) is 4.71. The van der Waals surface area contributed by atoms with Crippen molar-refractivity contribution in [3.8, 4) is 0 Å². The number of nitrogens with zero attached hydrogens (tertiary/aromatic N) is 3. The molecule has 1 aromatic rings. The summed E-state index contributed by atoms with van der Waals surface area (Å²) in [6.45, 7) is 2.20. The number of piperidine rings is 1. The van der Waals surface area contributed by atoms with Crippen LogP contribution in [0.2, 0.25) is 0 Å². The van der Waals surface area contributed by atoms with Gasteiger partial charge in [-0.05, 0) is 43.7 Å². The zero-order valence-electron chi connectivity index (χ0n) is 13.4. The fourth-order valence-corrected chi connectivity index (χ4v) is 4.71. The molecule has 134 valence electrons. The third-order valence-corrected chi connectivity index (χ3v) is 6.21. The van der Waals surface area contributed by atoms with Crippen LogP contribution in [0.4, 0.5) is 19.0 Å². The SMILES string of the molecule is FC(F)(F)c1ccc(NC2CCN(CC3CCCC3)C(I)C2)nn1. The van der Waals surface area contributed by atoms with Gasteiger partial charge in [0, 0.05) is 19.1 Å². The molecule has 2 fully saturated rings. The molecule has 2 aliphatic rings. The molecule has 0 aromatic carbocycles. The average molecular weight is 454 g/mol. The molecule has 1 aliphatic heterocycles. The van der Waals surface area contributed by atoms with Gasteiger partial charge in [0.25, 0.3) is 0 Å². The quantitative estimate of drug-likeness (QED) is 0.418. The minimum Gasteiger partial charge on any atom is -0.366 e. The van der Waals surface area contributed by atoms with Crippen molar-refractivity contribution in [2.45, 2.75) is 54.8 Å². The van der Waals surface area contributed by atoms with Crippen LogP contribution in [0, 0.1) is 5.92 Å². The van der Waals surface area contributed by atoms with Gasteiger partial charge in [0.1, 0.15) is 5.82 Å². The number of rotatable bonds is 4. The summed E-state index contributed by atoms with van der Waals surface area (Å²) in [4.78, 5) is 2.55. The molecule has 8 heteroatoms. The Kier molecular flexibility index (Phi) is 5.84. The van der Waals surface area contributed by atoms with Crippen molar-refractivity contribution in [3.63, 3.8) is 0 Å². The topological polar surface area (TPSA) is 41.0 Å². The predicted molar refractivity (Wildman–Crippen MR) is 95.0 cm³/mol. The third-order valence-electron chi connectivity index (χ3n) is 4.91. The van der Waals surface area contributed by atoms with E-state index < -0.39 is 11.9 Å². The Labute approximate surface area is 153 Å². The average Bonchev–Trinajstić information content (AvgIpc) is 3.03. The number of likely N-dealkylation sites (tertiary alicyclic amines) is 1. The Morgan fingerprint density at radius 3 is 2.50 bits per heavy atom. The van der Waals surface area contributed by atoms with Crippen molar-refractivity contribution in [3.05, 3.63) is 17.8 Å². The van der Waals surface area contributed by atoms with Crippen LogP contribution in [0.1, 0.15) is 44.2 Å². The Morgan fingerprint density at radius 2 is 1.92 bits per heavy atom. The van der Waals surface area contributed by atoms with Crippen molar-refractivity contribution in [2.75, 3.05) is 18.4 Å². The van der Waals surface area contributed by atoms with E-state index in [1.54, 1.807) is 0 Å². The van der Waals surface area contributed by atoms with E-state index in [0.717, 1.165) is 31.4 Å². The summed E-state index contributed by atoms with van der Waals surface area (Å²) in [5.41, 5.74) is -0.953. The lowest BCUT2D eigenvalue weighted by molar-refractivity contribution is -0.141. The Balaban J connectivity index is 1.50. The molecule has 4 nitrogen and oxygen atoms in total. The van der Waals surface area contributed by atoms with Gasteiger partial charge in [-0.25, -0.2) is 0 Å². The molecule has 2 atom stereocenters. The summed E-state index contributed by atoms with van der Waals surface area (Å²) >= 11 is 2.48. The van der Waals surface area contributed by atoms with E-state index in [0.29, 0.717) is 9.87 Å². The minimum absolute atomic E-state index is 0.234. The fraction of sp³-hybridized carbons (Fsp3) is 0.750. The number of halogens is 4. The van der Waals surface area contributed by atoms with Crippen LogP contribution in [0.5, 0.6) is 0 Å². The van der Waals surface area contributed by atoms with Crippen LogP contribution in [0.25, 0.3) is 0 Å². The van der Waals surface area contributed by atoms with Crippen LogP contribution >= 0.6 is 22.6 Å². The molecule has 2 heterocycles. The molecule has 0 amide bonds. The smallest absolute Gasteiger partial charge is 0.366 e. The van der Waals surface area contributed by atoms with Crippen molar-refractivity contribution in [2.24, 2.45) is 5.92 Å². The van der Waals surface area contributed by atoms with E-state index in [1.165, 1.54) is 38.3 Å². The molecule has 1 aliphatic carbocycles. The predicted octanol–water partition coefficient (Wildman–Crippen LogP) is 4.32. The van der Waals surface area contributed by atoms with E-state index in [1.807, 2.05) is 0 Å². The number of hydrogen-bond donors (Lipinski definition) is 1. The zero-order chi connectivity index (χ0) is 17.2. The molecule has 2 unspecified atom stereocenters. The van der Waals surface area contributed by atoms with Crippen molar-refractivity contribution in [1.29, 1.82) is 0 Å². The standard InChI is InChI=1S/C16H22F3IN4/c17-16(18,19)13-5-6-15(23-22-13)21-12-7-8-24(14(20)9-12)10-11-3-1-2-4-11/h5-6,11-12,14H,1-4,7-10H2,(H,21,23). The fourth-order valence-electron chi connectivity index (χ4n) is 3.59. The second-order valence-electron chi connectivity index (χ2n) is 6.75. The van der Waals surface area contributed by atoms with E-state index in [4.69, 9.17) is 0 Å². The first-order valence-corrected chi connectivity index (χ1v) is 9.72. The van der Waals surface area contributed by atoms with Gasteiger partial charge in [0.15, 0.2) is 5.69 Å². The van der Waals surface area contributed by atoms with Crippen LogP contribution in [-0.4, -0.2) is 38.3 Å². The number of hydrogen-bond acceptors (Lipinski definition) is 4. The summed E-state index contributed by atoms with van der Waals surface area (Å²) < 4.78 is 38.0. The van der Waals surface area contributed by atoms with Crippen molar-refractivity contribution < 1.29 is 13.2 Å². The summed E-state index contributed by atoms with van der Waals surface area (Å²) in [5.74, 6) is 1.26. The molecule has 0 bridgehead atoms. The number of aromatic nitrogens is 2. The van der Waals surface area contributed by atoms with Gasteiger partial charge in [-0.1, -0.05) is 35.4 Å². The Morgan fingerprint density at radius 1 is 1.17 bits per heavy atom. The highest BCUT2D eigenvalue weighted by Crippen LogP contribution is 2.31. The lowest BCUT2D eigenvalue weighted by Gasteiger charge is -2.38. The molecule has 0 radical (unpaired) electrons. The summed E-state index contributed by atoms with van der Waals surface area (Å²) in [7, 11) is 0. The van der Waals surface area contributed by atoms with Crippen molar-refractivity contribution in [1.82, 2.24) is 15.1 Å². The van der Waals surface area contributed by atoms with E-state index in [2.05, 4.69) is 43.0 Å². The molecule has 1 saturated heterocycles. The summed E-state index contributed by atoms with van der Waals surface area (Å²) in [6.07, 6.45) is 2.93. The number of anilines is 1. The van der Waals surface area contributed by atoms with Gasteiger partial charge >= 0.3 is 6.18 Å². The minimum atomic E-state index is -4.44. The van der Waals surface area contributed by atoms with Crippen LogP contribution in [0.3, 0.4) is 0 Å². The van der Waals surface area contributed by atoms with Gasteiger partial charge in [-0.2, -0.15) is 13.2 Å². The van der Waals surface area contributed by atoms with Gasteiger partial charge in [-0.3, -0.25) is 4.90 Å². The van der Waals surface area contributed by atoms with Crippen LogP contribution in [-0.2, 0) is 6.18 Å². The van der Waals surface area contributed by atoms with E-state index in [9.17, 15) is 13.2 Å².